The lowest BCUT2D eigenvalue weighted by Crippen LogP contribution is -2.30. The van der Waals surface area contributed by atoms with Crippen molar-refractivity contribution in [3.63, 3.8) is 0 Å². The lowest BCUT2D eigenvalue weighted by molar-refractivity contribution is -0.167. The van der Waals surface area contributed by atoms with Crippen LogP contribution >= 0.6 is 0 Å². The van der Waals surface area contributed by atoms with Crippen molar-refractivity contribution >= 4 is 17.9 Å². The second kappa shape index (κ2) is 40.9. The lowest BCUT2D eigenvalue weighted by atomic mass is 10.1. The third kappa shape index (κ3) is 39.2. The first-order valence-electron chi connectivity index (χ1n) is 22.2. The highest BCUT2D eigenvalue weighted by Crippen LogP contribution is 2.14. The standard InChI is InChI=1S/C45H84O6/c1-4-7-10-13-16-19-22-23-24-27-29-32-35-38-44(47)50-41-42(51-45(48)39-36-33-30-26-21-18-15-12-9-6-3)40-49-43(46)37-34-31-28-25-20-17-14-11-8-5-2/h19,22,42H,4-18,20-21,23-41H2,1-3H3/b22-19-. The first-order valence-corrected chi connectivity index (χ1v) is 22.2. The van der Waals surface area contributed by atoms with Crippen molar-refractivity contribution in [3.8, 4) is 0 Å². The van der Waals surface area contributed by atoms with Gasteiger partial charge in [-0.2, -0.15) is 0 Å². The molecule has 0 aliphatic rings. The topological polar surface area (TPSA) is 78.9 Å². The maximum Gasteiger partial charge on any atom is 0.306 e. The highest BCUT2D eigenvalue weighted by Gasteiger charge is 2.19. The highest BCUT2D eigenvalue weighted by molar-refractivity contribution is 5.71. The Labute approximate surface area is 316 Å². The van der Waals surface area contributed by atoms with Gasteiger partial charge in [-0.05, 0) is 44.9 Å². The summed E-state index contributed by atoms with van der Waals surface area (Å²) in [6.07, 6.45) is 41.9. The summed E-state index contributed by atoms with van der Waals surface area (Å²) >= 11 is 0. The lowest BCUT2D eigenvalue weighted by Gasteiger charge is -2.18. The van der Waals surface area contributed by atoms with Crippen LogP contribution in [0.2, 0.25) is 0 Å². The molecule has 0 bridgehead atoms. The van der Waals surface area contributed by atoms with Crippen LogP contribution in [0.1, 0.15) is 239 Å². The molecule has 0 radical (unpaired) electrons. The van der Waals surface area contributed by atoms with E-state index in [2.05, 4.69) is 32.9 Å². The van der Waals surface area contributed by atoms with Gasteiger partial charge in [0.15, 0.2) is 6.10 Å². The molecule has 0 aliphatic carbocycles. The van der Waals surface area contributed by atoms with Gasteiger partial charge in [0.05, 0.1) is 0 Å². The fourth-order valence-corrected chi connectivity index (χ4v) is 6.38. The van der Waals surface area contributed by atoms with Crippen molar-refractivity contribution < 1.29 is 28.6 Å². The third-order valence-corrected chi connectivity index (χ3v) is 9.77. The molecule has 0 rings (SSSR count). The minimum atomic E-state index is -0.763. The summed E-state index contributed by atoms with van der Waals surface area (Å²) in [6.45, 7) is 6.59. The summed E-state index contributed by atoms with van der Waals surface area (Å²) in [6, 6.07) is 0. The van der Waals surface area contributed by atoms with Crippen molar-refractivity contribution in [3.05, 3.63) is 12.2 Å². The zero-order valence-corrected chi connectivity index (χ0v) is 34.1. The molecule has 0 aromatic carbocycles. The van der Waals surface area contributed by atoms with Gasteiger partial charge in [-0.25, -0.2) is 0 Å². The van der Waals surface area contributed by atoms with E-state index in [0.717, 1.165) is 64.2 Å². The van der Waals surface area contributed by atoms with Gasteiger partial charge in [0.25, 0.3) is 0 Å². The van der Waals surface area contributed by atoms with Gasteiger partial charge >= 0.3 is 17.9 Å². The summed E-state index contributed by atoms with van der Waals surface area (Å²) in [7, 11) is 0. The maximum atomic E-state index is 12.7. The number of hydrogen-bond donors (Lipinski definition) is 0. The molecular formula is C45H84O6. The quantitative estimate of drug-likeness (QED) is 0.0271. The van der Waals surface area contributed by atoms with Crippen LogP contribution in [0.4, 0.5) is 0 Å². The molecule has 0 heterocycles. The van der Waals surface area contributed by atoms with Crippen LogP contribution in [0.15, 0.2) is 12.2 Å². The van der Waals surface area contributed by atoms with Crippen LogP contribution in [0.5, 0.6) is 0 Å². The number of hydrogen-bond acceptors (Lipinski definition) is 6. The van der Waals surface area contributed by atoms with Crippen molar-refractivity contribution in [2.75, 3.05) is 13.2 Å². The molecule has 1 unspecified atom stereocenters. The molecule has 0 N–H and O–H groups in total. The second-order valence-electron chi connectivity index (χ2n) is 15.0. The predicted octanol–water partition coefficient (Wildman–Crippen LogP) is 13.9. The minimum absolute atomic E-state index is 0.0686. The Balaban J connectivity index is 4.34. The Morgan fingerprint density at radius 1 is 0.373 bits per heavy atom. The van der Waals surface area contributed by atoms with E-state index in [1.807, 2.05) is 0 Å². The molecule has 6 nitrogen and oxygen atoms in total. The minimum Gasteiger partial charge on any atom is -0.462 e. The Morgan fingerprint density at radius 2 is 0.647 bits per heavy atom. The van der Waals surface area contributed by atoms with Crippen molar-refractivity contribution in [1.82, 2.24) is 0 Å². The van der Waals surface area contributed by atoms with Gasteiger partial charge in [0.1, 0.15) is 13.2 Å². The van der Waals surface area contributed by atoms with Crippen molar-refractivity contribution in [2.45, 2.75) is 245 Å². The molecule has 0 aromatic rings. The maximum absolute atomic E-state index is 12.7. The van der Waals surface area contributed by atoms with E-state index in [4.69, 9.17) is 14.2 Å². The molecule has 0 aromatic heterocycles. The number of ether oxygens (including phenoxy) is 3. The fraction of sp³-hybridized carbons (Fsp3) is 0.889. The Kier molecular flexibility index (Phi) is 39.4. The molecule has 0 amide bonds. The van der Waals surface area contributed by atoms with Gasteiger partial charge < -0.3 is 14.2 Å². The van der Waals surface area contributed by atoms with E-state index in [9.17, 15) is 14.4 Å². The Bertz CT molecular complexity index is 794. The highest BCUT2D eigenvalue weighted by atomic mass is 16.6. The fourth-order valence-electron chi connectivity index (χ4n) is 6.38. The monoisotopic (exact) mass is 721 g/mol. The molecule has 0 saturated carbocycles. The molecular weight excluding hydrogens is 636 g/mol. The molecule has 1 atom stereocenters. The van der Waals surface area contributed by atoms with E-state index in [1.54, 1.807) is 0 Å². The number of carbonyl (C=O) groups is 3. The summed E-state index contributed by atoms with van der Waals surface area (Å²) in [5.74, 6) is -0.875. The summed E-state index contributed by atoms with van der Waals surface area (Å²) in [4.78, 5) is 37.6. The van der Waals surface area contributed by atoms with Crippen LogP contribution in [0, 0.1) is 0 Å². The van der Waals surface area contributed by atoms with Gasteiger partial charge in [0.2, 0.25) is 0 Å². The van der Waals surface area contributed by atoms with Gasteiger partial charge in [-0.1, -0.05) is 187 Å². The van der Waals surface area contributed by atoms with E-state index in [0.29, 0.717) is 19.3 Å². The van der Waals surface area contributed by atoms with Crippen molar-refractivity contribution in [2.24, 2.45) is 0 Å². The van der Waals surface area contributed by atoms with E-state index < -0.39 is 6.10 Å². The average molecular weight is 721 g/mol. The second-order valence-corrected chi connectivity index (χ2v) is 15.0. The first kappa shape index (κ1) is 49.1. The van der Waals surface area contributed by atoms with Crippen LogP contribution < -0.4 is 0 Å². The predicted molar refractivity (Wildman–Crippen MR) is 215 cm³/mol. The summed E-state index contributed by atoms with van der Waals surface area (Å²) in [5, 5.41) is 0. The van der Waals surface area contributed by atoms with Gasteiger partial charge in [0, 0.05) is 19.3 Å². The van der Waals surface area contributed by atoms with E-state index in [1.165, 1.54) is 135 Å². The van der Waals surface area contributed by atoms with E-state index >= 15 is 0 Å². The number of unbranched alkanes of at least 4 members (excludes halogenated alkanes) is 27. The molecule has 0 fully saturated rings. The van der Waals surface area contributed by atoms with Crippen LogP contribution in [-0.2, 0) is 28.6 Å². The smallest absolute Gasteiger partial charge is 0.306 e. The zero-order valence-electron chi connectivity index (χ0n) is 34.1. The molecule has 0 spiro atoms. The summed E-state index contributed by atoms with van der Waals surface area (Å²) < 4.78 is 16.7. The Hall–Kier alpha value is -1.85. The van der Waals surface area contributed by atoms with Crippen LogP contribution in [0.3, 0.4) is 0 Å². The van der Waals surface area contributed by atoms with Gasteiger partial charge in [-0.15, -0.1) is 0 Å². The zero-order chi connectivity index (χ0) is 37.3. The molecule has 0 saturated heterocycles. The molecule has 0 aliphatic heterocycles. The van der Waals surface area contributed by atoms with Crippen LogP contribution in [-0.4, -0.2) is 37.2 Å². The average Bonchev–Trinajstić information content (AvgIpc) is 3.12. The summed E-state index contributed by atoms with van der Waals surface area (Å²) in [5.41, 5.74) is 0. The SMILES string of the molecule is CCCCCC/C=C\CCCCCCCC(=O)OCC(COC(=O)CCCCCCCCCCCC)OC(=O)CCCCCCCCCCCC. The van der Waals surface area contributed by atoms with Crippen molar-refractivity contribution in [1.29, 1.82) is 0 Å². The number of allylic oxidation sites excluding steroid dienone is 2. The Morgan fingerprint density at radius 3 is 1.00 bits per heavy atom. The molecule has 51 heavy (non-hydrogen) atoms. The molecule has 6 heteroatoms. The van der Waals surface area contributed by atoms with Gasteiger partial charge in [-0.3, -0.25) is 14.4 Å². The van der Waals surface area contributed by atoms with E-state index in [-0.39, 0.29) is 31.1 Å². The molecule has 300 valence electrons. The first-order chi connectivity index (χ1) is 25.0. The number of carbonyl (C=O) groups excluding carboxylic acids is 3. The third-order valence-electron chi connectivity index (χ3n) is 9.77. The number of esters is 3. The number of rotatable bonds is 40. The largest absolute Gasteiger partial charge is 0.462 e. The normalized spacial score (nSPS) is 12.0. The van der Waals surface area contributed by atoms with Crippen LogP contribution in [0.25, 0.3) is 0 Å².